The van der Waals surface area contributed by atoms with Crippen LogP contribution < -0.4 is 16.0 Å². The smallest absolute Gasteiger partial charge is 0.242 e. The van der Waals surface area contributed by atoms with Crippen LogP contribution in [0.4, 0.5) is 0 Å². The molecule has 0 aromatic carbocycles. The zero-order chi connectivity index (χ0) is 19.7. The first-order chi connectivity index (χ1) is 13.0. The SMILES string of the molecule is CCNC(=NCC(=O)NC1CCCCC1)NCC1(C(=O)N(C)C)CCCC1.I. The topological polar surface area (TPSA) is 85.8 Å². The van der Waals surface area contributed by atoms with E-state index in [0.717, 1.165) is 38.5 Å². The van der Waals surface area contributed by atoms with Gasteiger partial charge in [-0.1, -0.05) is 32.1 Å². The molecule has 8 heteroatoms. The summed E-state index contributed by atoms with van der Waals surface area (Å²) >= 11 is 0. The third-order valence-electron chi connectivity index (χ3n) is 5.71. The van der Waals surface area contributed by atoms with Gasteiger partial charge in [0.25, 0.3) is 0 Å². The van der Waals surface area contributed by atoms with Crippen molar-refractivity contribution in [2.75, 3.05) is 33.7 Å². The maximum Gasteiger partial charge on any atom is 0.242 e. The maximum absolute atomic E-state index is 12.7. The van der Waals surface area contributed by atoms with Crippen LogP contribution in [0.2, 0.25) is 0 Å². The lowest BCUT2D eigenvalue weighted by Crippen LogP contribution is -2.49. The van der Waals surface area contributed by atoms with Crippen LogP contribution in [0.25, 0.3) is 0 Å². The van der Waals surface area contributed by atoms with Gasteiger partial charge in [0, 0.05) is 33.2 Å². The first-order valence-electron chi connectivity index (χ1n) is 10.5. The molecule has 2 fully saturated rings. The number of amides is 2. The van der Waals surface area contributed by atoms with Gasteiger partial charge in [-0.05, 0) is 32.6 Å². The van der Waals surface area contributed by atoms with Crippen molar-refractivity contribution in [1.29, 1.82) is 0 Å². The highest BCUT2D eigenvalue weighted by Crippen LogP contribution is 2.38. The molecule has 3 N–H and O–H groups in total. The summed E-state index contributed by atoms with van der Waals surface area (Å²) in [5.74, 6) is 0.756. The molecule has 28 heavy (non-hydrogen) atoms. The molecule has 2 saturated carbocycles. The van der Waals surface area contributed by atoms with E-state index in [1.165, 1.54) is 19.3 Å². The van der Waals surface area contributed by atoms with Crippen LogP contribution in [0.3, 0.4) is 0 Å². The number of halogens is 1. The highest BCUT2D eigenvalue weighted by atomic mass is 127. The van der Waals surface area contributed by atoms with Crippen LogP contribution in [0.1, 0.15) is 64.7 Å². The molecule has 0 aromatic heterocycles. The molecule has 0 aliphatic heterocycles. The van der Waals surface area contributed by atoms with Gasteiger partial charge in [0.1, 0.15) is 6.54 Å². The number of hydrogen-bond acceptors (Lipinski definition) is 3. The standard InChI is InChI=1S/C20H37N5O2.HI/c1-4-21-19(22-14-17(26)24-16-10-6-5-7-11-16)23-15-20(12-8-9-13-20)18(27)25(2)3;/h16H,4-15H2,1-3H3,(H,24,26)(H2,21,22,23);1H. The molecule has 2 rings (SSSR count). The quantitative estimate of drug-likeness (QED) is 0.281. The van der Waals surface area contributed by atoms with Crippen molar-refractivity contribution in [3.8, 4) is 0 Å². The molecule has 2 aliphatic carbocycles. The van der Waals surface area contributed by atoms with Crippen molar-refractivity contribution in [2.45, 2.75) is 70.8 Å². The lowest BCUT2D eigenvalue weighted by Gasteiger charge is -2.31. The monoisotopic (exact) mass is 507 g/mol. The number of nitrogens with zero attached hydrogens (tertiary/aromatic N) is 2. The van der Waals surface area contributed by atoms with Crippen LogP contribution in [0, 0.1) is 5.41 Å². The highest BCUT2D eigenvalue weighted by Gasteiger charge is 2.42. The predicted molar refractivity (Wildman–Crippen MR) is 124 cm³/mol. The van der Waals surface area contributed by atoms with Gasteiger partial charge < -0.3 is 20.9 Å². The van der Waals surface area contributed by atoms with Crippen molar-refractivity contribution in [3.63, 3.8) is 0 Å². The summed E-state index contributed by atoms with van der Waals surface area (Å²) in [6.45, 7) is 3.38. The fourth-order valence-corrected chi connectivity index (χ4v) is 4.26. The summed E-state index contributed by atoms with van der Waals surface area (Å²) in [5, 5.41) is 9.59. The number of rotatable bonds is 7. The van der Waals surface area contributed by atoms with Crippen molar-refractivity contribution >= 4 is 41.8 Å². The van der Waals surface area contributed by atoms with Crippen LogP contribution in [0.5, 0.6) is 0 Å². The Morgan fingerprint density at radius 2 is 1.68 bits per heavy atom. The minimum atomic E-state index is -0.357. The molecule has 162 valence electrons. The van der Waals surface area contributed by atoms with Gasteiger partial charge in [0.2, 0.25) is 11.8 Å². The molecule has 0 unspecified atom stereocenters. The largest absolute Gasteiger partial charge is 0.357 e. The van der Waals surface area contributed by atoms with Gasteiger partial charge in [-0.25, -0.2) is 4.99 Å². The summed E-state index contributed by atoms with van der Waals surface area (Å²) in [7, 11) is 3.63. The lowest BCUT2D eigenvalue weighted by atomic mass is 9.84. The minimum Gasteiger partial charge on any atom is -0.357 e. The number of aliphatic imine (C=N–C) groups is 1. The molecule has 0 spiro atoms. The molecular weight excluding hydrogens is 469 g/mol. The van der Waals surface area contributed by atoms with Crippen molar-refractivity contribution in [2.24, 2.45) is 10.4 Å². The van der Waals surface area contributed by atoms with E-state index in [1.807, 2.05) is 21.0 Å². The number of guanidine groups is 1. The molecule has 0 aromatic rings. The van der Waals surface area contributed by atoms with Gasteiger partial charge in [-0.2, -0.15) is 0 Å². The van der Waals surface area contributed by atoms with Crippen LogP contribution in [-0.2, 0) is 9.59 Å². The Morgan fingerprint density at radius 3 is 2.25 bits per heavy atom. The highest BCUT2D eigenvalue weighted by molar-refractivity contribution is 14.0. The van der Waals surface area contributed by atoms with Gasteiger partial charge in [0.15, 0.2) is 5.96 Å². The molecule has 7 nitrogen and oxygen atoms in total. The molecule has 0 saturated heterocycles. The molecule has 0 radical (unpaired) electrons. The van der Waals surface area contributed by atoms with E-state index in [-0.39, 0.29) is 47.8 Å². The Kier molecular flexibility index (Phi) is 11.1. The average molecular weight is 507 g/mol. The fraction of sp³-hybridized carbons (Fsp3) is 0.850. The Balaban J connectivity index is 0.00000392. The van der Waals surface area contributed by atoms with Crippen LogP contribution in [-0.4, -0.2) is 62.4 Å². The normalized spacial score (nSPS) is 19.5. The zero-order valence-electron chi connectivity index (χ0n) is 17.7. The second kappa shape index (κ2) is 12.5. The van der Waals surface area contributed by atoms with E-state index in [0.29, 0.717) is 25.1 Å². The van der Waals surface area contributed by atoms with Gasteiger partial charge in [-0.15, -0.1) is 24.0 Å². The second-order valence-corrected chi connectivity index (χ2v) is 8.14. The zero-order valence-corrected chi connectivity index (χ0v) is 20.0. The Hall–Kier alpha value is -1.06. The van der Waals surface area contributed by atoms with E-state index in [2.05, 4.69) is 20.9 Å². The van der Waals surface area contributed by atoms with Crippen molar-refractivity contribution < 1.29 is 9.59 Å². The van der Waals surface area contributed by atoms with Gasteiger partial charge >= 0.3 is 0 Å². The Bertz CT molecular complexity index is 527. The Morgan fingerprint density at radius 1 is 1.04 bits per heavy atom. The molecule has 0 atom stereocenters. The summed E-state index contributed by atoms with van der Waals surface area (Å²) in [6, 6.07) is 0.302. The van der Waals surface area contributed by atoms with E-state index in [1.54, 1.807) is 4.90 Å². The number of carbonyl (C=O) groups is 2. The molecule has 0 heterocycles. The number of nitrogens with one attached hydrogen (secondary N) is 3. The minimum absolute atomic E-state index is 0. The van der Waals surface area contributed by atoms with E-state index < -0.39 is 0 Å². The number of carbonyl (C=O) groups excluding carboxylic acids is 2. The number of hydrogen-bond donors (Lipinski definition) is 3. The summed E-state index contributed by atoms with van der Waals surface area (Å²) in [6.07, 6.45) is 9.77. The molecular formula is C20H38IN5O2. The van der Waals surface area contributed by atoms with Crippen LogP contribution >= 0.6 is 24.0 Å². The summed E-state index contributed by atoms with van der Waals surface area (Å²) in [4.78, 5) is 31.0. The van der Waals surface area contributed by atoms with E-state index >= 15 is 0 Å². The molecule has 2 aliphatic rings. The molecule has 0 bridgehead atoms. The Labute approximate surface area is 186 Å². The van der Waals surface area contributed by atoms with E-state index in [4.69, 9.17) is 0 Å². The van der Waals surface area contributed by atoms with Crippen molar-refractivity contribution in [1.82, 2.24) is 20.9 Å². The third-order valence-corrected chi connectivity index (χ3v) is 5.71. The van der Waals surface area contributed by atoms with Gasteiger partial charge in [0.05, 0.1) is 5.41 Å². The second-order valence-electron chi connectivity index (χ2n) is 8.14. The third kappa shape index (κ3) is 7.40. The predicted octanol–water partition coefficient (Wildman–Crippen LogP) is 2.26. The van der Waals surface area contributed by atoms with Gasteiger partial charge in [-0.3, -0.25) is 9.59 Å². The molecule has 2 amide bonds. The van der Waals surface area contributed by atoms with Crippen molar-refractivity contribution in [3.05, 3.63) is 0 Å². The van der Waals surface area contributed by atoms with E-state index in [9.17, 15) is 9.59 Å². The summed E-state index contributed by atoms with van der Waals surface area (Å²) < 4.78 is 0. The first-order valence-corrected chi connectivity index (χ1v) is 10.5. The lowest BCUT2D eigenvalue weighted by molar-refractivity contribution is -0.138. The average Bonchev–Trinajstić information content (AvgIpc) is 3.14. The van der Waals surface area contributed by atoms with Crippen LogP contribution in [0.15, 0.2) is 4.99 Å². The summed E-state index contributed by atoms with van der Waals surface area (Å²) in [5.41, 5.74) is -0.357. The fourth-order valence-electron chi connectivity index (χ4n) is 4.26. The first kappa shape index (κ1) is 25.0. The maximum atomic E-state index is 12.7.